The van der Waals surface area contributed by atoms with Crippen LogP contribution < -0.4 is 5.32 Å². The van der Waals surface area contributed by atoms with Gasteiger partial charge in [0.15, 0.2) is 10.9 Å². The fourth-order valence-electron chi connectivity index (χ4n) is 3.07. The molecule has 0 spiro atoms. The highest BCUT2D eigenvalue weighted by Gasteiger charge is 2.30. The summed E-state index contributed by atoms with van der Waals surface area (Å²) < 4.78 is 38.0. The fourth-order valence-corrected chi connectivity index (χ4v) is 3.96. The summed E-state index contributed by atoms with van der Waals surface area (Å²) >= 11 is 1.37. The Hall–Kier alpha value is -3.33. The Morgan fingerprint density at radius 1 is 1.03 bits per heavy atom. The number of fused-ring (bicyclic) bond motifs is 1. The van der Waals surface area contributed by atoms with Gasteiger partial charge in [0.2, 0.25) is 0 Å². The van der Waals surface area contributed by atoms with Gasteiger partial charge < -0.3 is 5.32 Å². The highest BCUT2D eigenvalue weighted by Crippen LogP contribution is 2.33. The largest absolute Gasteiger partial charge is 0.416 e. The van der Waals surface area contributed by atoms with Crippen LogP contribution in [0.25, 0.3) is 11.0 Å². The zero-order valence-corrected chi connectivity index (χ0v) is 17.2. The Kier molecular flexibility index (Phi) is 5.69. The standard InChI is InChI=1S/C22H17F3N4OS/c1-13(10-19(30)14-2-7-17-18(11-14)27-9-8-26-17)20-12-28-21(31-20)29-16-5-3-15(4-6-16)22(23,24)25/h2-9,11-13H,10H2,1H3,(H,28,29). The summed E-state index contributed by atoms with van der Waals surface area (Å²) in [6, 6.07) is 10.0. The monoisotopic (exact) mass is 442 g/mol. The van der Waals surface area contributed by atoms with Gasteiger partial charge in [0.05, 0.1) is 16.6 Å². The van der Waals surface area contributed by atoms with Crippen molar-refractivity contribution in [2.24, 2.45) is 0 Å². The molecular weight excluding hydrogens is 425 g/mol. The SMILES string of the molecule is CC(CC(=O)c1ccc2nccnc2c1)c1cnc(Nc2ccc(C(F)(F)F)cc2)s1. The first-order valence-electron chi connectivity index (χ1n) is 9.43. The molecule has 0 bridgehead atoms. The highest BCUT2D eigenvalue weighted by atomic mass is 32.1. The summed E-state index contributed by atoms with van der Waals surface area (Å²) in [5.74, 6) is -0.0728. The first-order valence-corrected chi connectivity index (χ1v) is 10.3. The van der Waals surface area contributed by atoms with Crippen LogP contribution in [0.5, 0.6) is 0 Å². The van der Waals surface area contributed by atoms with Crippen LogP contribution in [0, 0.1) is 0 Å². The van der Waals surface area contributed by atoms with Crippen LogP contribution in [0.1, 0.15) is 40.1 Å². The fraction of sp³-hybridized carbons (Fsp3) is 0.182. The van der Waals surface area contributed by atoms with Crippen molar-refractivity contribution in [3.8, 4) is 0 Å². The molecule has 0 saturated carbocycles. The number of rotatable bonds is 6. The van der Waals surface area contributed by atoms with E-state index in [-0.39, 0.29) is 11.7 Å². The molecule has 4 rings (SSSR count). The zero-order chi connectivity index (χ0) is 22.0. The van der Waals surface area contributed by atoms with Crippen LogP contribution in [0.4, 0.5) is 24.0 Å². The van der Waals surface area contributed by atoms with Gasteiger partial charge in [0.25, 0.3) is 0 Å². The number of anilines is 2. The van der Waals surface area contributed by atoms with E-state index in [1.807, 2.05) is 6.92 Å². The number of hydrogen-bond acceptors (Lipinski definition) is 6. The van der Waals surface area contributed by atoms with Gasteiger partial charge in [0.1, 0.15) is 0 Å². The molecule has 2 heterocycles. The summed E-state index contributed by atoms with van der Waals surface area (Å²) in [6.07, 6.45) is 0.800. The van der Waals surface area contributed by atoms with Gasteiger partial charge in [-0.3, -0.25) is 14.8 Å². The van der Waals surface area contributed by atoms with Crippen molar-refractivity contribution >= 4 is 39.0 Å². The smallest absolute Gasteiger partial charge is 0.332 e. The first kappa shape index (κ1) is 20.9. The van der Waals surface area contributed by atoms with E-state index in [1.54, 1.807) is 36.8 Å². The van der Waals surface area contributed by atoms with E-state index in [2.05, 4.69) is 20.3 Å². The van der Waals surface area contributed by atoms with Crippen molar-refractivity contribution in [2.75, 3.05) is 5.32 Å². The van der Waals surface area contributed by atoms with Gasteiger partial charge in [-0.1, -0.05) is 6.92 Å². The maximum atomic E-state index is 12.7. The highest BCUT2D eigenvalue weighted by molar-refractivity contribution is 7.15. The minimum atomic E-state index is -4.37. The quantitative estimate of drug-likeness (QED) is 0.359. The van der Waals surface area contributed by atoms with E-state index >= 15 is 0 Å². The molecule has 158 valence electrons. The zero-order valence-electron chi connectivity index (χ0n) is 16.3. The molecule has 0 saturated heterocycles. The van der Waals surface area contributed by atoms with E-state index in [0.29, 0.717) is 28.3 Å². The van der Waals surface area contributed by atoms with Gasteiger partial charge in [-0.25, -0.2) is 4.98 Å². The molecular formula is C22H17F3N4OS. The van der Waals surface area contributed by atoms with Gasteiger partial charge in [0, 0.05) is 41.1 Å². The molecule has 4 aromatic rings. The normalized spacial score (nSPS) is 12.6. The predicted molar refractivity (Wildman–Crippen MR) is 114 cm³/mol. The van der Waals surface area contributed by atoms with E-state index in [1.165, 1.54) is 23.5 Å². The lowest BCUT2D eigenvalue weighted by molar-refractivity contribution is -0.137. The number of benzene rings is 2. The number of thiazole rings is 1. The maximum absolute atomic E-state index is 12.7. The van der Waals surface area contributed by atoms with Crippen molar-refractivity contribution < 1.29 is 18.0 Å². The lowest BCUT2D eigenvalue weighted by atomic mass is 9.98. The first-order chi connectivity index (χ1) is 14.8. The van der Waals surface area contributed by atoms with Crippen LogP contribution in [0.3, 0.4) is 0 Å². The summed E-state index contributed by atoms with van der Waals surface area (Å²) in [4.78, 5) is 26.3. The third-order valence-electron chi connectivity index (χ3n) is 4.76. The molecule has 0 amide bonds. The Bertz CT molecular complexity index is 1220. The van der Waals surface area contributed by atoms with Crippen LogP contribution >= 0.6 is 11.3 Å². The second-order valence-electron chi connectivity index (χ2n) is 7.06. The Morgan fingerprint density at radius 2 is 1.74 bits per heavy atom. The minimum Gasteiger partial charge on any atom is -0.332 e. The van der Waals surface area contributed by atoms with Gasteiger partial charge in [-0.2, -0.15) is 13.2 Å². The minimum absolute atomic E-state index is 0.00861. The van der Waals surface area contributed by atoms with Crippen LogP contribution in [-0.2, 0) is 6.18 Å². The van der Waals surface area contributed by atoms with Gasteiger partial charge in [-0.05, 0) is 48.4 Å². The van der Waals surface area contributed by atoms with Gasteiger partial charge >= 0.3 is 6.18 Å². The van der Waals surface area contributed by atoms with Crippen molar-refractivity contribution in [3.05, 3.63) is 77.1 Å². The Balaban J connectivity index is 1.41. The molecule has 31 heavy (non-hydrogen) atoms. The number of carbonyl (C=O) groups is 1. The van der Waals surface area contributed by atoms with Crippen LogP contribution in [-0.4, -0.2) is 20.7 Å². The molecule has 9 heteroatoms. The van der Waals surface area contributed by atoms with Crippen LogP contribution in [0.2, 0.25) is 0 Å². The number of hydrogen-bond donors (Lipinski definition) is 1. The topological polar surface area (TPSA) is 67.8 Å². The molecule has 0 aliphatic heterocycles. The van der Waals surface area contributed by atoms with E-state index < -0.39 is 11.7 Å². The molecule has 0 fully saturated rings. The van der Waals surface area contributed by atoms with E-state index in [9.17, 15) is 18.0 Å². The molecule has 0 aliphatic rings. The van der Waals surface area contributed by atoms with Crippen molar-refractivity contribution in [3.63, 3.8) is 0 Å². The number of carbonyl (C=O) groups excluding carboxylic acids is 1. The Labute approximate surface area is 180 Å². The van der Waals surface area contributed by atoms with E-state index in [0.717, 1.165) is 22.5 Å². The molecule has 1 atom stereocenters. The van der Waals surface area contributed by atoms with Crippen LogP contribution in [0.15, 0.2) is 61.1 Å². The van der Waals surface area contributed by atoms with Crippen molar-refractivity contribution in [1.82, 2.24) is 15.0 Å². The average Bonchev–Trinajstić information content (AvgIpc) is 3.22. The maximum Gasteiger partial charge on any atom is 0.416 e. The molecule has 1 unspecified atom stereocenters. The number of aromatic nitrogens is 3. The number of halogens is 3. The molecule has 5 nitrogen and oxygen atoms in total. The summed E-state index contributed by atoms with van der Waals surface area (Å²) in [5.41, 5.74) is 1.78. The second kappa shape index (κ2) is 8.43. The third kappa shape index (κ3) is 4.88. The lowest BCUT2D eigenvalue weighted by Crippen LogP contribution is -2.04. The number of ketones is 1. The molecule has 1 N–H and O–H groups in total. The average molecular weight is 442 g/mol. The lowest BCUT2D eigenvalue weighted by Gasteiger charge is -2.09. The Morgan fingerprint density at radius 3 is 2.45 bits per heavy atom. The van der Waals surface area contributed by atoms with E-state index in [4.69, 9.17) is 0 Å². The number of Topliss-reactive ketones (excluding diaryl/α,β-unsaturated/α-hetero) is 1. The summed E-state index contributed by atoms with van der Waals surface area (Å²) in [5, 5.41) is 3.55. The van der Waals surface area contributed by atoms with Crippen molar-refractivity contribution in [2.45, 2.75) is 25.4 Å². The van der Waals surface area contributed by atoms with Crippen molar-refractivity contribution in [1.29, 1.82) is 0 Å². The molecule has 2 aromatic carbocycles. The number of alkyl halides is 3. The molecule has 2 aromatic heterocycles. The summed E-state index contributed by atoms with van der Waals surface area (Å²) in [6.45, 7) is 1.94. The number of nitrogens with zero attached hydrogens (tertiary/aromatic N) is 3. The second-order valence-corrected chi connectivity index (χ2v) is 8.12. The number of nitrogens with one attached hydrogen (secondary N) is 1. The summed E-state index contributed by atoms with van der Waals surface area (Å²) in [7, 11) is 0. The molecule has 0 aliphatic carbocycles. The van der Waals surface area contributed by atoms with Gasteiger partial charge in [-0.15, -0.1) is 11.3 Å². The predicted octanol–water partition coefficient (Wildman–Crippen LogP) is 6.23. The third-order valence-corrected chi connectivity index (χ3v) is 5.90. The molecule has 0 radical (unpaired) electrons.